The molecule has 0 unspecified atom stereocenters. The molecule has 0 saturated heterocycles. The van der Waals surface area contributed by atoms with Gasteiger partial charge in [-0.25, -0.2) is 16.8 Å². The van der Waals surface area contributed by atoms with Gasteiger partial charge in [0.15, 0.2) is 20.2 Å². The summed E-state index contributed by atoms with van der Waals surface area (Å²) in [5.41, 5.74) is -7.63. The van der Waals surface area contributed by atoms with Crippen LogP contribution >= 0.6 is 0 Å². The molecule has 0 spiro atoms. The van der Waals surface area contributed by atoms with Crippen LogP contribution in [0.1, 0.15) is 0 Å². The number of hydrogen-bond donors (Lipinski definition) is 0. The second kappa shape index (κ2) is 16.7. The number of halogens is 6. The maximum Gasteiger partial charge on any atom is 2.00 e. The smallest absolute Gasteiger partial charge is 0.741 e. The Morgan fingerprint density at radius 3 is 0.732 bits per heavy atom. The van der Waals surface area contributed by atoms with Crippen LogP contribution in [0.3, 0.4) is 0 Å². The molecule has 0 aliphatic carbocycles. The molecule has 0 atom stereocenters. The van der Waals surface area contributed by atoms with Crippen molar-refractivity contribution in [3.8, 4) is 22.8 Å². The van der Waals surface area contributed by atoms with E-state index in [4.69, 9.17) is 25.9 Å². The van der Waals surface area contributed by atoms with E-state index >= 15 is 0 Å². The van der Waals surface area contributed by atoms with Crippen molar-refractivity contribution in [3.63, 3.8) is 0 Å². The van der Waals surface area contributed by atoms with E-state index in [0.717, 1.165) is 22.8 Å². The van der Waals surface area contributed by atoms with Gasteiger partial charge in [0.1, 0.15) is 0 Å². The fourth-order valence-corrected chi connectivity index (χ4v) is 2.06. The first-order valence-corrected chi connectivity index (χ1v) is 12.9. The Bertz CT molecular complexity index is 1310. The molecular weight excluding hydrogens is 658 g/mol. The van der Waals surface area contributed by atoms with Crippen molar-refractivity contribution in [1.29, 1.82) is 0 Å². The molecule has 1 radical (unpaired) electrons. The summed E-state index contributed by atoms with van der Waals surface area (Å²) in [5, 5.41) is 0. The average Bonchev–Trinajstić information content (AvgIpc) is 2.90. The van der Waals surface area contributed by atoms with E-state index in [1.54, 1.807) is 24.8 Å². The summed E-state index contributed by atoms with van der Waals surface area (Å²) in [7, 11) is -12.2. The maximum absolute atomic E-state index is 10.7. The first-order chi connectivity index (χ1) is 18.4. The standard InChI is InChI=1S/2C10H8N2.2CHF3O3S.Cu/c2*1-3-7-11-9(5-1)10-6-2-4-8-12-10;2*2-1(3,4)8(5,6)7;/h2*1-8H;2*(H,5,6,7);/q;;;;+2/p-2. The molecule has 0 saturated carbocycles. The summed E-state index contributed by atoms with van der Waals surface area (Å²) in [6.45, 7) is 0. The molecule has 10 nitrogen and oxygen atoms in total. The largest absolute Gasteiger partial charge is 2.00 e. The molecule has 0 aliphatic rings. The normalized spacial score (nSPS) is 11.1. The van der Waals surface area contributed by atoms with E-state index < -0.39 is 31.3 Å². The fraction of sp³-hybridized carbons (Fsp3) is 0.0909. The Labute approximate surface area is 240 Å². The van der Waals surface area contributed by atoms with Gasteiger partial charge in [0, 0.05) is 24.8 Å². The Morgan fingerprint density at radius 1 is 0.463 bits per heavy atom. The van der Waals surface area contributed by atoms with Crippen LogP contribution in [0.2, 0.25) is 0 Å². The van der Waals surface area contributed by atoms with Crippen LogP contribution in [0.4, 0.5) is 26.3 Å². The molecule has 4 aromatic rings. The monoisotopic (exact) mass is 673 g/mol. The topological polar surface area (TPSA) is 166 Å². The van der Waals surface area contributed by atoms with Gasteiger partial charge in [0.25, 0.3) is 0 Å². The molecule has 19 heteroatoms. The predicted molar refractivity (Wildman–Crippen MR) is 126 cm³/mol. The van der Waals surface area contributed by atoms with Gasteiger partial charge in [-0.15, -0.1) is 0 Å². The number of aromatic nitrogens is 4. The Kier molecular flexibility index (Phi) is 15.3. The third-order valence-corrected chi connectivity index (χ3v) is 4.89. The Balaban J connectivity index is 0.000000528. The van der Waals surface area contributed by atoms with Crippen LogP contribution in [0.15, 0.2) is 97.6 Å². The average molecular weight is 674 g/mol. The van der Waals surface area contributed by atoms with Gasteiger partial charge in [-0.05, 0) is 48.5 Å². The predicted octanol–water partition coefficient (Wildman–Crippen LogP) is 4.39. The summed E-state index contributed by atoms with van der Waals surface area (Å²) in [6, 6.07) is 23.2. The summed E-state index contributed by atoms with van der Waals surface area (Å²) in [5.74, 6) is 0. The molecule has 0 fully saturated rings. The maximum atomic E-state index is 10.7. The first kappa shape index (κ1) is 37.5. The van der Waals surface area contributed by atoms with Crippen LogP contribution in [-0.2, 0) is 37.3 Å². The van der Waals surface area contributed by atoms with Gasteiger partial charge in [-0.3, -0.25) is 19.9 Å². The van der Waals surface area contributed by atoms with Crippen LogP contribution in [0.25, 0.3) is 22.8 Å². The first-order valence-electron chi connectivity index (χ1n) is 10.1. The minimum atomic E-state index is -6.09. The number of pyridine rings is 4. The Morgan fingerprint density at radius 2 is 0.634 bits per heavy atom. The molecular formula is C22H16CuF6N4O6S2. The van der Waals surface area contributed by atoms with Crippen LogP contribution < -0.4 is 0 Å². The molecule has 41 heavy (non-hydrogen) atoms. The van der Waals surface area contributed by atoms with Gasteiger partial charge in [0.2, 0.25) is 0 Å². The van der Waals surface area contributed by atoms with Gasteiger partial charge in [-0.2, -0.15) is 26.3 Å². The van der Waals surface area contributed by atoms with E-state index in [1.807, 2.05) is 72.8 Å². The van der Waals surface area contributed by atoms with Gasteiger partial charge in [0.05, 0.1) is 22.8 Å². The molecule has 0 N–H and O–H groups in total. The molecule has 225 valence electrons. The molecule has 0 amide bonds. The zero-order valence-electron chi connectivity index (χ0n) is 19.9. The van der Waals surface area contributed by atoms with Crippen LogP contribution in [0.5, 0.6) is 0 Å². The number of rotatable bonds is 2. The zero-order chi connectivity index (χ0) is 30.5. The summed E-state index contributed by atoms with van der Waals surface area (Å²) < 4.78 is 118. The number of alkyl halides is 6. The second-order valence-corrected chi connectivity index (χ2v) is 9.40. The molecule has 0 bridgehead atoms. The minimum Gasteiger partial charge on any atom is -0.741 e. The molecule has 0 aliphatic heterocycles. The van der Waals surface area contributed by atoms with Gasteiger partial charge >= 0.3 is 28.1 Å². The van der Waals surface area contributed by atoms with Crippen molar-refractivity contribution in [2.75, 3.05) is 0 Å². The summed E-state index contributed by atoms with van der Waals surface area (Å²) in [6.07, 6.45) is 7.07. The minimum absolute atomic E-state index is 0. The molecule has 4 heterocycles. The van der Waals surface area contributed by atoms with Crippen molar-refractivity contribution < 1.29 is 69.4 Å². The molecule has 4 rings (SSSR count). The third-order valence-electron chi connectivity index (χ3n) is 3.75. The number of hydrogen-bond acceptors (Lipinski definition) is 10. The second-order valence-electron chi connectivity index (χ2n) is 6.66. The molecule has 0 aromatic carbocycles. The van der Waals surface area contributed by atoms with E-state index in [0.29, 0.717) is 0 Å². The van der Waals surface area contributed by atoms with Crippen molar-refractivity contribution >= 4 is 20.2 Å². The van der Waals surface area contributed by atoms with Crippen molar-refractivity contribution in [1.82, 2.24) is 19.9 Å². The Hall–Kier alpha value is -3.48. The van der Waals surface area contributed by atoms with E-state index in [1.165, 1.54) is 0 Å². The number of nitrogens with zero attached hydrogens (tertiary/aromatic N) is 4. The fourth-order valence-electron chi connectivity index (χ4n) is 2.06. The van der Waals surface area contributed by atoms with Crippen molar-refractivity contribution in [3.05, 3.63) is 97.6 Å². The van der Waals surface area contributed by atoms with E-state index in [-0.39, 0.29) is 17.1 Å². The van der Waals surface area contributed by atoms with Crippen molar-refractivity contribution in [2.45, 2.75) is 11.0 Å². The summed E-state index contributed by atoms with van der Waals surface area (Å²) in [4.78, 5) is 16.7. The van der Waals surface area contributed by atoms with Gasteiger partial charge < -0.3 is 9.11 Å². The SMILES string of the molecule is O=S(=O)([O-])C(F)(F)F.O=S(=O)([O-])C(F)(F)F.[Cu+2].c1ccc(-c2ccccn2)nc1.c1ccc(-c2ccccn2)nc1. The molecule has 4 aromatic heterocycles. The van der Waals surface area contributed by atoms with Crippen molar-refractivity contribution in [2.24, 2.45) is 0 Å². The zero-order valence-corrected chi connectivity index (χ0v) is 22.4. The van der Waals surface area contributed by atoms with E-state index in [9.17, 15) is 26.3 Å². The van der Waals surface area contributed by atoms with Gasteiger partial charge in [-0.1, -0.05) is 24.3 Å². The van der Waals surface area contributed by atoms with E-state index in [2.05, 4.69) is 19.9 Å². The third kappa shape index (κ3) is 14.6. The van der Waals surface area contributed by atoms with Crippen LogP contribution in [-0.4, -0.2) is 56.9 Å². The summed E-state index contributed by atoms with van der Waals surface area (Å²) >= 11 is 0. The quantitative estimate of drug-likeness (QED) is 0.129. The van der Waals surface area contributed by atoms with Crippen LogP contribution in [0, 0.1) is 0 Å².